The van der Waals surface area contributed by atoms with Gasteiger partial charge in [-0.3, -0.25) is 14.7 Å². The summed E-state index contributed by atoms with van der Waals surface area (Å²) in [4.78, 5) is 29.2. The zero-order valence-electron chi connectivity index (χ0n) is 14.1. The molecule has 1 aliphatic heterocycles. The Balaban J connectivity index is 1.94. The first-order valence-electron chi connectivity index (χ1n) is 7.93. The second kappa shape index (κ2) is 6.07. The van der Waals surface area contributed by atoms with Crippen LogP contribution in [0.3, 0.4) is 0 Å². The number of fused-ring (bicyclic) bond motifs is 1. The number of hydrogen-bond donors (Lipinski definition) is 0. The Kier molecular flexibility index (Phi) is 4.09. The van der Waals surface area contributed by atoms with Gasteiger partial charge in [0, 0.05) is 23.9 Å². The van der Waals surface area contributed by atoms with Crippen LogP contribution in [-0.2, 0) is 11.2 Å². The van der Waals surface area contributed by atoms with Gasteiger partial charge in [-0.15, -0.1) is 0 Å². The van der Waals surface area contributed by atoms with Gasteiger partial charge in [0.2, 0.25) is 0 Å². The predicted molar refractivity (Wildman–Crippen MR) is 92.3 cm³/mol. The molecule has 0 saturated heterocycles. The van der Waals surface area contributed by atoms with Crippen molar-refractivity contribution in [3.05, 3.63) is 47.7 Å². The molecule has 1 aliphatic rings. The first-order chi connectivity index (χ1) is 11.4. The van der Waals surface area contributed by atoms with E-state index in [9.17, 15) is 9.59 Å². The molecular formula is C19H20N2O3. The van der Waals surface area contributed by atoms with Crippen LogP contribution in [0.4, 0.5) is 10.5 Å². The van der Waals surface area contributed by atoms with Crippen LogP contribution in [0.2, 0.25) is 0 Å². The average molecular weight is 324 g/mol. The first-order valence-corrected chi connectivity index (χ1v) is 7.93. The van der Waals surface area contributed by atoms with Crippen molar-refractivity contribution in [1.29, 1.82) is 0 Å². The number of hydrogen-bond acceptors (Lipinski definition) is 4. The fourth-order valence-electron chi connectivity index (χ4n) is 2.82. The molecule has 0 N–H and O–H groups in total. The third-order valence-electron chi connectivity index (χ3n) is 3.84. The topological polar surface area (TPSA) is 59.5 Å². The SMILES string of the molecule is CC(C)(C)OC(=O)N1CCc2c(-c3ccc(C=O)cn3)cccc21. The maximum Gasteiger partial charge on any atom is 0.414 e. The molecule has 1 aromatic carbocycles. The molecular weight excluding hydrogens is 304 g/mol. The minimum atomic E-state index is -0.524. The van der Waals surface area contributed by atoms with Crippen molar-refractivity contribution >= 4 is 18.1 Å². The summed E-state index contributed by atoms with van der Waals surface area (Å²) >= 11 is 0. The van der Waals surface area contributed by atoms with Gasteiger partial charge < -0.3 is 4.74 Å². The van der Waals surface area contributed by atoms with Crippen molar-refractivity contribution in [2.45, 2.75) is 32.8 Å². The lowest BCUT2D eigenvalue weighted by Crippen LogP contribution is -2.35. The summed E-state index contributed by atoms with van der Waals surface area (Å²) in [5.41, 5.74) is 3.74. The first kappa shape index (κ1) is 16.2. The summed E-state index contributed by atoms with van der Waals surface area (Å²) in [7, 11) is 0. The highest BCUT2D eigenvalue weighted by Gasteiger charge is 2.30. The van der Waals surface area contributed by atoms with Crippen molar-refractivity contribution in [2.75, 3.05) is 11.4 Å². The van der Waals surface area contributed by atoms with Crippen molar-refractivity contribution in [3.63, 3.8) is 0 Å². The van der Waals surface area contributed by atoms with Crippen LogP contribution in [0.1, 0.15) is 36.7 Å². The van der Waals surface area contributed by atoms with Gasteiger partial charge in [-0.2, -0.15) is 0 Å². The number of carbonyl (C=O) groups excluding carboxylic acids is 2. The maximum atomic E-state index is 12.4. The Bertz CT molecular complexity index is 776. The largest absolute Gasteiger partial charge is 0.443 e. The van der Waals surface area contributed by atoms with E-state index >= 15 is 0 Å². The van der Waals surface area contributed by atoms with Crippen LogP contribution in [-0.4, -0.2) is 29.5 Å². The predicted octanol–water partition coefficient (Wildman–Crippen LogP) is 3.86. The van der Waals surface area contributed by atoms with E-state index in [0.717, 1.165) is 35.2 Å². The zero-order chi connectivity index (χ0) is 17.3. The summed E-state index contributed by atoms with van der Waals surface area (Å²) in [6.45, 7) is 6.16. The molecule has 0 unspecified atom stereocenters. The van der Waals surface area contributed by atoms with Crippen LogP contribution in [0.15, 0.2) is 36.5 Å². The van der Waals surface area contributed by atoms with Gasteiger partial charge in [0.15, 0.2) is 6.29 Å². The average Bonchev–Trinajstić information content (AvgIpc) is 2.97. The van der Waals surface area contributed by atoms with Gasteiger partial charge in [0.05, 0.1) is 11.4 Å². The molecule has 0 radical (unpaired) electrons. The molecule has 2 heterocycles. The smallest absolute Gasteiger partial charge is 0.414 e. The van der Waals surface area contributed by atoms with E-state index in [1.54, 1.807) is 17.2 Å². The molecule has 0 aliphatic carbocycles. The third-order valence-corrected chi connectivity index (χ3v) is 3.84. The molecule has 1 amide bonds. The molecule has 24 heavy (non-hydrogen) atoms. The molecule has 2 aromatic rings. The second-order valence-corrected chi connectivity index (χ2v) is 6.78. The molecule has 0 fully saturated rings. The molecule has 0 bridgehead atoms. The van der Waals surface area contributed by atoms with E-state index in [1.807, 2.05) is 45.0 Å². The lowest BCUT2D eigenvalue weighted by molar-refractivity contribution is 0.0584. The van der Waals surface area contributed by atoms with E-state index < -0.39 is 5.60 Å². The van der Waals surface area contributed by atoms with Crippen LogP contribution in [0.5, 0.6) is 0 Å². The van der Waals surface area contributed by atoms with Crippen LogP contribution in [0, 0.1) is 0 Å². The number of aromatic nitrogens is 1. The molecule has 0 atom stereocenters. The lowest BCUT2D eigenvalue weighted by Gasteiger charge is -2.24. The fourth-order valence-corrected chi connectivity index (χ4v) is 2.82. The Morgan fingerprint density at radius 1 is 1.25 bits per heavy atom. The van der Waals surface area contributed by atoms with E-state index in [0.29, 0.717) is 12.1 Å². The quantitative estimate of drug-likeness (QED) is 0.787. The number of benzene rings is 1. The standard InChI is InChI=1S/C19H20N2O3/c1-19(2,3)24-18(23)21-10-9-15-14(5-4-6-17(15)21)16-8-7-13(12-22)11-20-16/h4-8,11-12H,9-10H2,1-3H3. The highest BCUT2D eigenvalue weighted by molar-refractivity contribution is 5.92. The summed E-state index contributed by atoms with van der Waals surface area (Å²) in [6.07, 6.45) is 2.75. The van der Waals surface area contributed by atoms with Crippen LogP contribution < -0.4 is 4.90 Å². The Hall–Kier alpha value is -2.69. The van der Waals surface area contributed by atoms with Crippen molar-refractivity contribution in [2.24, 2.45) is 0 Å². The van der Waals surface area contributed by atoms with E-state index in [4.69, 9.17) is 4.74 Å². The summed E-state index contributed by atoms with van der Waals surface area (Å²) in [6, 6.07) is 9.40. The number of amides is 1. The van der Waals surface area contributed by atoms with Crippen LogP contribution in [0.25, 0.3) is 11.3 Å². The summed E-state index contributed by atoms with van der Waals surface area (Å²) in [5.74, 6) is 0. The van der Waals surface area contributed by atoms with E-state index in [1.165, 1.54) is 0 Å². The van der Waals surface area contributed by atoms with Gasteiger partial charge in [-0.25, -0.2) is 4.79 Å². The molecule has 0 saturated carbocycles. The second-order valence-electron chi connectivity index (χ2n) is 6.78. The molecule has 0 spiro atoms. The van der Waals surface area contributed by atoms with Crippen LogP contribution >= 0.6 is 0 Å². The Morgan fingerprint density at radius 2 is 2.04 bits per heavy atom. The normalized spacial score (nSPS) is 13.5. The van der Waals surface area contributed by atoms with Gasteiger partial charge in [-0.1, -0.05) is 12.1 Å². The zero-order valence-corrected chi connectivity index (χ0v) is 14.1. The molecule has 5 nitrogen and oxygen atoms in total. The fraction of sp³-hybridized carbons (Fsp3) is 0.316. The highest BCUT2D eigenvalue weighted by Crippen LogP contribution is 2.36. The Labute approximate surface area is 141 Å². The molecule has 1 aromatic heterocycles. The van der Waals surface area contributed by atoms with Crippen molar-refractivity contribution in [3.8, 4) is 11.3 Å². The Morgan fingerprint density at radius 3 is 2.67 bits per heavy atom. The monoisotopic (exact) mass is 324 g/mol. The highest BCUT2D eigenvalue weighted by atomic mass is 16.6. The summed E-state index contributed by atoms with van der Waals surface area (Å²) < 4.78 is 5.49. The molecule has 3 rings (SSSR count). The van der Waals surface area contributed by atoms with Crippen molar-refractivity contribution < 1.29 is 14.3 Å². The van der Waals surface area contributed by atoms with Gasteiger partial charge >= 0.3 is 6.09 Å². The van der Waals surface area contributed by atoms with Crippen molar-refractivity contribution in [1.82, 2.24) is 4.98 Å². The lowest BCUT2D eigenvalue weighted by atomic mass is 10.0. The number of ether oxygens (including phenoxy) is 1. The van der Waals surface area contributed by atoms with E-state index in [2.05, 4.69) is 4.98 Å². The maximum absolute atomic E-state index is 12.4. The number of aldehydes is 1. The minimum absolute atomic E-state index is 0.331. The molecule has 124 valence electrons. The third kappa shape index (κ3) is 3.15. The molecule has 5 heteroatoms. The summed E-state index contributed by atoms with van der Waals surface area (Å²) in [5, 5.41) is 0. The van der Waals surface area contributed by atoms with Gasteiger partial charge in [-0.05, 0) is 51.0 Å². The number of pyridine rings is 1. The number of anilines is 1. The van der Waals surface area contributed by atoms with E-state index in [-0.39, 0.29) is 6.09 Å². The number of rotatable bonds is 2. The number of carbonyl (C=O) groups is 2. The van der Waals surface area contributed by atoms with Gasteiger partial charge in [0.25, 0.3) is 0 Å². The number of nitrogens with zero attached hydrogens (tertiary/aromatic N) is 2. The minimum Gasteiger partial charge on any atom is -0.443 e. The van der Waals surface area contributed by atoms with Gasteiger partial charge in [0.1, 0.15) is 5.60 Å².